The third kappa shape index (κ3) is 3.14. The van der Waals surface area contributed by atoms with Gasteiger partial charge in [0.15, 0.2) is 11.5 Å². The minimum absolute atomic E-state index is 0.692. The van der Waals surface area contributed by atoms with E-state index in [2.05, 4.69) is 6.07 Å². The molecule has 3 rings (SSSR count). The number of fused-ring (bicyclic) bond motifs is 1. The molecule has 0 radical (unpaired) electrons. The average molecular weight is 297 g/mol. The molecule has 0 unspecified atom stereocenters. The van der Waals surface area contributed by atoms with Crippen LogP contribution in [0.2, 0.25) is 0 Å². The summed E-state index contributed by atoms with van der Waals surface area (Å²) in [4.78, 5) is 2.21. The zero-order valence-electron chi connectivity index (χ0n) is 11.8. The van der Waals surface area contributed by atoms with Crippen LogP contribution in [0.5, 0.6) is 11.5 Å². The van der Waals surface area contributed by atoms with E-state index in [-0.39, 0.29) is 0 Å². The molecule has 0 spiro atoms. The highest BCUT2D eigenvalue weighted by atomic mass is 32.2. The van der Waals surface area contributed by atoms with Crippen molar-refractivity contribution >= 4 is 11.8 Å². The number of hydrogen-bond acceptors (Lipinski definition) is 4. The largest absolute Gasteiger partial charge is 0.490 e. The van der Waals surface area contributed by atoms with Gasteiger partial charge in [0.2, 0.25) is 0 Å². The fourth-order valence-electron chi connectivity index (χ4n) is 2.17. The lowest BCUT2D eigenvalue weighted by molar-refractivity contribution is 0.297. The minimum Gasteiger partial charge on any atom is -0.490 e. The monoisotopic (exact) mass is 297 g/mol. The number of aryl methyl sites for hydroxylation is 1. The Morgan fingerprint density at radius 2 is 1.71 bits per heavy atom. The zero-order valence-corrected chi connectivity index (χ0v) is 12.6. The predicted molar refractivity (Wildman–Crippen MR) is 82.1 cm³/mol. The van der Waals surface area contributed by atoms with Gasteiger partial charge in [-0.15, -0.1) is 0 Å². The first-order chi connectivity index (χ1) is 10.3. The lowest BCUT2D eigenvalue weighted by Crippen LogP contribution is -1.97. The summed E-state index contributed by atoms with van der Waals surface area (Å²) in [5.41, 5.74) is 1.72. The molecule has 0 saturated carbocycles. The third-order valence-electron chi connectivity index (χ3n) is 3.27. The van der Waals surface area contributed by atoms with E-state index >= 15 is 0 Å². The summed E-state index contributed by atoms with van der Waals surface area (Å²) in [6, 6.07) is 14.1. The van der Waals surface area contributed by atoms with E-state index in [4.69, 9.17) is 14.7 Å². The van der Waals surface area contributed by atoms with Crippen LogP contribution in [0.15, 0.2) is 46.2 Å². The molecular formula is C17H15NO2S. The van der Waals surface area contributed by atoms with Gasteiger partial charge in [0.1, 0.15) is 0 Å². The Morgan fingerprint density at radius 3 is 2.48 bits per heavy atom. The summed E-state index contributed by atoms with van der Waals surface area (Å²) in [5.74, 6) is 1.62. The molecule has 0 amide bonds. The van der Waals surface area contributed by atoms with Gasteiger partial charge in [-0.05, 0) is 48.9 Å². The topological polar surface area (TPSA) is 42.2 Å². The van der Waals surface area contributed by atoms with E-state index in [1.54, 1.807) is 11.8 Å². The van der Waals surface area contributed by atoms with E-state index in [1.807, 2.05) is 43.3 Å². The Bertz CT molecular complexity index is 706. The summed E-state index contributed by atoms with van der Waals surface area (Å²) in [5, 5.41) is 8.97. The molecule has 0 aliphatic carbocycles. The zero-order chi connectivity index (χ0) is 14.7. The molecule has 21 heavy (non-hydrogen) atoms. The van der Waals surface area contributed by atoms with Crippen molar-refractivity contribution < 1.29 is 9.47 Å². The molecule has 106 valence electrons. The molecule has 4 heteroatoms. The molecule has 0 aromatic heterocycles. The van der Waals surface area contributed by atoms with Crippen LogP contribution >= 0.6 is 11.8 Å². The van der Waals surface area contributed by atoms with Gasteiger partial charge in [0.25, 0.3) is 0 Å². The molecule has 0 fully saturated rings. The van der Waals surface area contributed by atoms with Crippen LogP contribution in [-0.2, 0) is 0 Å². The molecule has 0 N–H and O–H groups in total. The van der Waals surface area contributed by atoms with Crippen molar-refractivity contribution in [3.05, 3.63) is 47.5 Å². The van der Waals surface area contributed by atoms with Crippen LogP contribution in [0.4, 0.5) is 0 Å². The first-order valence-electron chi connectivity index (χ1n) is 6.84. The normalized spacial score (nSPS) is 13.3. The van der Waals surface area contributed by atoms with E-state index in [1.165, 1.54) is 0 Å². The summed E-state index contributed by atoms with van der Waals surface area (Å²) >= 11 is 1.66. The third-order valence-corrected chi connectivity index (χ3v) is 4.25. The van der Waals surface area contributed by atoms with Gasteiger partial charge < -0.3 is 9.47 Å². The quantitative estimate of drug-likeness (QED) is 0.834. The second-order valence-electron chi connectivity index (χ2n) is 4.85. The summed E-state index contributed by atoms with van der Waals surface area (Å²) in [7, 11) is 0. The van der Waals surface area contributed by atoms with Crippen LogP contribution in [0.25, 0.3) is 0 Å². The van der Waals surface area contributed by atoms with Crippen molar-refractivity contribution in [3.8, 4) is 17.6 Å². The Balaban J connectivity index is 1.83. The number of benzene rings is 2. The van der Waals surface area contributed by atoms with Crippen LogP contribution in [0, 0.1) is 18.3 Å². The molecule has 2 aromatic carbocycles. The van der Waals surface area contributed by atoms with Gasteiger partial charge in [0, 0.05) is 16.2 Å². The van der Waals surface area contributed by atoms with Gasteiger partial charge in [-0.1, -0.05) is 11.8 Å². The van der Waals surface area contributed by atoms with Crippen molar-refractivity contribution in [1.82, 2.24) is 0 Å². The molecule has 1 heterocycles. The van der Waals surface area contributed by atoms with E-state index in [0.29, 0.717) is 13.2 Å². The number of nitriles is 1. The van der Waals surface area contributed by atoms with Crippen LogP contribution in [0.3, 0.4) is 0 Å². The summed E-state index contributed by atoms with van der Waals surface area (Å²) < 4.78 is 11.3. The molecule has 0 atom stereocenters. The van der Waals surface area contributed by atoms with Crippen molar-refractivity contribution in [2.45, 2.75) is 23.1 Å². The van der Waals surface area contributed by atoms with Crippen LogP contribution in [-0.4, -0.2) is 13.2 Å². The lowest BCUT2D eigenvalue weighted by atomic mass is 10.1. The SMILES string of the molecule is Cc1cc(Sc2ccc3c(c2)OCCCO3)ccc1C#N. The Morgan fingerprint density at radius 1 is 1.00 bits per heavy atom. The summed E-state index contributed by atoms with van der Waals surface area (Å²) in [6.45, 7) is 3.35. The molecular weight excluding hydrogens is 282 g/mol. The average Bonchev–Trinajstić information content (AvgIpc) is 2.72. The number of nitrogens with zero attached hydrogens (tertiary/aromatic N) is 1. The maximum Gasteiger partial charge on any atom is 0.162 e. The second kappa shape index (κ2) is 6.11. The molecule has 0 saturated heterocycles. The minimum atomic E-state index is 0.692. The number of rotatable bonds is 2. The Hall–Kier alpha value is -2.12. The van der Waals surface area contributed by atoms with Gasteiger partial charge in [-0.3, -0.25) is 0 Å². The molecule has 2 aromatic rings. The molecule has 3 nitrogen and oxygen atoms in total. The first kappa shape index (κ1) is 13.8. The van der Waals surface area contributed by atoms with Gasteiger partial charge >= 0.3 is 0 Å². The van der Waals surface area contributed by atoms with E-state index in [9.17, 15) is 0 Å². The van der Waals surface area contributed by atoms with Gasteiger partial charge in [-0.25, -0.2) is 0 Å². The Kier molecular flexibility index (Phi) is 4.03. The molecule has 1 aliphatic heterocycles. The van der Waals surface area contributed by atoms with Crippen molar-refractivity contribution in [3.63, 3.8) is 0 Å². The first-order valence-corrected chi connectivity index (χ1v) is 7.66. The molecule has 0 bridgehead atoms. The second-order valence-corrected chi connectivity index (χ2v) is 6.00. The number of ether oxygens (including phenoxy) is 2. The van der Waals surface area contributed by atoms with Gasteiger partial charge in [0.05, 0.1) is 24.8 Å². The smallest absolute Gasteiger partial charge is 0.162 e. The van der Waals surface area contributed by atoms with E-state index < -0.39 is 0 Å². The van der Waals surface area contributed by atoms with Crippen LogP contribution in [0.1, 0.15) is 17.5 Å². The van der Waals surface area contributed by atoms with Crippen molar-refractivity contribution in [2.75, 3.05) is 13.2 Å². The highest BCUT2D eigenvalue weighted by Gasteiger charge is 2.11. The van der Waals surface area contributed by atoms with Gasteiger partial charge in [-0.2, -0.15) is 5.26 Å². The van der Waals surface area contributed by atoms with Crippen molar-refractivity contribution in [2.24, 2.45) is 0 Å². The molecule has 1 aliphatic rings. The standard InChI is InChI=1S/C17H15NO2S/c1-12-9-14(4-3-13(12)11-18)21-15-5-6-16-17(10-15)20-8-2-7-19-16/h3-6,9-10H,2,7-8H2,1H3. The summed E-state index contributed by atoms with van der Waals surface area (Å²) in [6.07, 6.45) is 0.909. The highest BCUT2D eigenvalue weighted by molar-refractivity contribution is 7.99. The van der Waals surface area contributed by atoms with Crippen LogP contribution < -0.4 is 9.47 Å². The lowest BCUT2D eigenvalue weighted by Gasteiger charge is -2.09. The maximum absolute atomic E-state index is 8.97. The fraction of sp³-hybridized carbons (Fsp3) is 0.235. The maximum atomic E-state index is 8.97. The highest BCUT2D eigenvalue weighted by Crippen LogP contribution is 2.36. The predicted octanol–water partition coefficient (Wildman–Crippen LogP) is 4.18. The van der Waals surface area contributed by atoms with Crippen molar-refractivity contribution in [1.29, 1.82) is 5.26 Å². The van der Waals surface area contributed by atoms with E-state index in [0.717, 1.165) is 38.8 Å². The fourth-order valence-corrected chi connectivity index (χ4v) is 3.11. The number of hydrogen-bond donors (Lipinski definition) is 0. The Labute approximate surface area is 128 Å².